The van der Waals surface area contributed by atoms with E-state index in [1.165, 1.54) is 50.1 Å². The number of benzene rings is 2. The van der Waals surface area contributed by atoms with E-state index in [4.69, 9.17) is 11.5 Å². The van der Waals surface area contributed by atoms with Crippen molar-refractivity contribution in [2.45, 2.75) is 61.8 Å². The number of amides is 2. The highest BCUT2D eigenvalue weighted by molar-refractivity contribution is 6.33. The first-order valence-corrected chi connectivity index (χ1v) is 21.7. The van der Waals surface area contributed by atoms with Crippen molar-refractivity contribution in [3.8, 4) is 11.5 Å². The van der Waals surface area contributed by atoms with Crippen LogP contribution in [0.3, 0.4) is 0 Å². The molecule has 0 heterocycles. The Morgan fingerprint density at radius 1 is 0.606 bits per heavy atom. The van der Waals surface area contributed by atoms with Crippen LogP contribution in [-0.2, 0) is 51.2 Å². The van der Waals surface area contributed by atoms with E-state index in [0.717, 1.165) is 0 Å². The molecular formula is C48H50N4O14. The molecule has 8 rings (SSSR count). The third-order valence-electron chi connectivity index (χ3n) is 15.1. The number of unbranched alkanes of at least 4 members (excludes halogenated alkanes) is 1. The summed E-state index contributed by atoms with van der Waals surface area (Å²) in [5.74, 6) is -22.8. The summed E-state index contributed by atoms with van der Waals surface area (Å²) in [5.41, 5.74) is 6.91. The van der Waals surface area contributed by atoms with Gasteiger partial charge in [0, 0.05) is 11.8 Å². The maximum absolute atomic E-state index is 14.1. The van der Waals surface area contributed by atoms with Gasteiger partial charge in [-0.05, 0) is 113 Å². The SMILES string of the molecule is CN(C)[C@@H]1C(=O)C(C(N)=O)C(=O)[C@@]2(O)C(=O)C3C(=O)c4c(O)ccc(C=CCCC=Cc5ccc(O)c6c5C[C@H]5C[C@H]7[C@H](N(C)C)C(=O)C(C(N)=O)C(=O)[C@@]7(O)C(=O)C5C6=O)c4C[C@H]3C[C@@H]12. The number of nitrogens with zero attached hydrogens (tertiary/aromatic N) is 2. The zero-order chi connectivity index (χ0) is 48.2. The highest BCUT2D eigenvalue weighted by Gasteiger charge is 2.71. The lowest BCUT2D eigenvalue weighted by Crippen LogP contribution is -2.74. The second-order valence-electron chi connectivity index (χ2n) is 19.0. The van der Waals surface area contributed by atoms with Gasteiger partial charge in [0.1, 0.15) is 11.5 Å². The Kier molecular flexibility index (Phi) is 11.4. The average molecular weight is 907 g/mol. The lowest BCUT2D eigenvalue weighted by atomic mass is 9.52. The van der Waals surface area contributed by atoms with Gasteiger partial charge in [-0.1, -0.05) is 36.4 Å². The van der Waals surface area contributed by atoms with E-state index in [9.17, 15) is 68.4 Å². The normalized spacial score (nSPS) is 34.1. The van der Waals surface area contributed by atoms with Gasteiger partial charge in [-0.2, -0.15) is 0 Å². The summed E-state index contributed by atoms with van der Waals surface area (Å²) < 4.78 is 0. The van der Waals surface area contributed by atoms with Gasteiger partial charge in [0.2, 0.25) is 11.8 Å². The molecule has 0 aliphatic heterocycles. The van der Waals surface area contributed by atoms with Crippen LogP contribution in [0.5, 0.6) is 11.5 Å². The second-order valence-corrected chi connectivity index (χ2v) is 19.0. The molecule has 18 nitrogen and oxygen atoms in total. The molecule has 6 aliphatic rings. The first kappa shape index (κ1) is 46.2. The van der Waals surface area contributed by atoms with Gasteiger partial charge < -0.3 is 31.9 Å². The van der Waals surface area contributed by atoms with E-state index < -0.39 is 140 Å². The van der Waals surface area contributed by atoms with Crippen molar-refractivity contribution in [1.82, 2.24) is 9.80 Å². The molecule has 2 aromatic rings. The van der Waals surface area contributed by atoms with Crippen molar-refractivity contribution in [1.29, 1.82) is 0 Å². The van der Waals surface area contributed by atoms with Gasteiger partial charge >= 0.3 is 0 Å². The van der Waals surface area contributed by atoms with Crippen molar-refractivity contribution >= 4 is 70.2 Å². The number of aliphatic hydroxyl groups is 2. The monoisotopic (exact) mass is 906 g/mol. The first-order chi connectivity index (χ1) is 31.0. The van der Waals surface area contributed by atoms with Crippen molar-refractivity contribution in [3.05, 3.63) is 69.8 Å². The van der Waals surface area contributed by atoms with Gasteiger partial charge in [0.25, 0.3) is 0 Å². The number of primary amides is 2. The molecule has 0 saturated heterocycles. The highest BCUT2D eigenvalue weighted by atomic mass is 16.3. The number of hydrogen-bond acceptors (Lipinski definition) is 16. The molecule has 0 spiro atoms. The van der Waals surface area contributed by atoms with Crippen LogP contribution in [0, 0.1) is 47.3 Å². The van der Waals surface area contributed by atoms with Crippen LogP contribution in [0.2, 0.25) is 0 Å². The molecule has 12 atom stereocenters. The summed E-state index contributed by atoms with van der Waals surface area (Å²) in [4.78, 5) is 138. The predicted octanol–water partition coefficient (Wildman–Crippen LogP) is -0.446. The number of aromatic hydroxyl groups is 2. The van der Waals surface area contributed by atoms with E-state index in [1.54, 1.807) is 24.3 Å². The number of phenols is 2. The first-order valence-electron chi connectivity index (χ1n) is 21.7. The lowest BCUT2D eigenvalue weighted by Gasteiger charge is -2.52. The quantitative estimate of drug-likeness (QED) is 0.137. The second kappa shape index (κ2) is 16.2. The molecule has 0 bridgehead atoms. The molecule has 0 radical (unpaired) electrons. The molecule has 66 heavy (non-hydrogen) atoms. The maximum atomic E-state index is 14.1. The van der Waals surface area contributed by atoms with E-state index in [-0.39, 0.29) is 36.8 Å². The number of nitrogens with two attached hydrogens (primary N) is 2. The number of carbonyl (C=O) groups is 10. The van der Waals surface area contributed by atoms with Crippen LogP contribution in [0.15, 0.2) is 36.4 Å². The van der Waals surface area contributed by atoms with Crippen molar-refractivity contribution < 1.29 is 68.4 Å². The molecular weight excluding hydrogens is 857 g/mol. The van der Waals surface area contributed by atoms with Crippen LogP contribution in [0.25, 0.3) is 12.2 Å². The summed E-state index contributed by atoms with van der Waals surface area (Å²) in [6, 6.07) is 3.39. The fraction of sp³-hybridized carbons (Fsp3) is 0.458. The Morgan fingerprint density at radius 2 is 0.955 bits per heavy atom. The minimum Gasteiger partial charge on any atom is -0.507 e. The number of carbonyl (C=O) groups excluding carboxylic acids is 10. The maximum Gasteiger partial charge on any atom is 0.235 e. The third-order valence-corrected chi connectivity index (χ3v) is 15.1. The fourth-order valence-electron chi connectivity index (χ4n) is 12.2. The third kappa shape index (κ3) is 6.51. The van der Waals surface area contributed by atoms with Crippen LogP contribution in [0.1, 0.15) is 68.7 Å². The summed E-state index contributed by atoms with van der Waals surface area (Å²) in [7, 11) is 6.04. The van der Waals surface area contributed by atoms with Crippen LogP contribution in [0.4, 0.5) is 0 Å². The largest absolute Gasteiger partial charge is 0.507 e. The highest BCUT2D eigenvalue weighted by Crippen LogP contribution is 2.53. The van der Waals surface area contributed by atoms with Crippen molar-refractivity contribution in [2.24, 2.45) is 58.8 Å². The number of likely N-dealkylation sites (N-methyl/N-ethyl adjacent to an activating group) is 2. The van der Waals surface area contributed by atoms with Crippen LogP contribution >= 0.6 is 0 Å². The van der Waals surface area contributed by atoms with Gasteiger partial charge in [-0.15, -0.1) is 0 Å². The Morgan fingerprint density at radius 3 is 1.27 bits per heavy atom. The Balaban J connectivity index is 1.01. The number of phenolic OH excluding ortho intramolecular Hbond substituents is 2. The van der Waals surface area contributed by atoms with Gasteiger partial charge in [0.15, 0.2) is 69.3 Å². The summed E-state index contributed by atoms with van der Waals surface area (Å²) >= 11 is 0. The average Bonchev–Trinajstić information content (AvgIpc) is 3.22. The minimum atomic E-state index is -2.83. The molecule has 6 aliphatic carbocycles. The lowest BCUT2D eigenvalue weighted by molar-refractivity contribution is -0.183. The fourth-order valence-corrected chi connectivity index (χ4v) is 12.2. The van der Waals surface area contributed by atoms with Gasteiger partial charge in [-0.25, -0.2) is 0 Å². The zero-order valence-corrected chi connectivity index (χ0v) is 36.6. The summed E-state index contributed by atoms with van der Waals surface area (Å²) in [6.45, 7) is 0. The van der Waals surface area contributed by atoms with Crippen molar-refractivity contribution in [2.75, 3.05) is 28.2 Å². The Hall–Kier alpha value is -6.34. The van der Waals surface area contributed by atoms with E-state index in [2.05, 4.69) is 0 Å². The molecule has 2 aromatic carbocycles. The van der Waals surface area contributed by atoms with E-state index in [0.29, 0.717) is 35.1 Å². The zero-order valence-electron chi connectivity index (χ0n) is 36.6. The molecule has 4 fully saturated rings. The number of hydrogen-bond donors (Lipinski definition) is 6. The van der Waals surface area contributed by atoms with Gasteiger partial charge in [-0.3, -0.25) is 57.7 Å². The number of Topliss-reactive ketones (excluding diaryl/α,β-unsaturated/α-hetero) is 8. The molecule has 346 valence electrons. The topological polar surface area (TPSA) is 310 Å². The van der Waals surface area contributed by atoms with Crippen LogP contribution < -0.4 is 11.5 Å². The molecule has 4 unspecified atom stereocenters. The molecule has 0 aromatic heterocycles. The molecule has 4 saturated carbocycles. The molecule has 8 N–H and O–H groups in total. The van der Waals surface area contributed by atoms with Crippen molar-refractivity contribution in [3.63, 3.8) is 0 Å². The summed E-state index contributed by atoms with van der Waals surface area (Å²) in [5, 5.41) is 45.5. The van der Waals surface area contributed by atoms with Gasteiger partial charge in [0.05, 0.1) is 35.0 Å². The number of ketones is 8. The minimum absolute atomic E-state index is 0.0894. The molecule has 2 amide bonds. The standard InChI is InChI=1S/C48H50N4O14/c1-51(2)35-25-17-21-15-23-19(11-13-27(53)31(23)37(55)29(21)41(59)47(25,65)43(61)33(39(35)57)45(49)63)9-7-5-6-8-10-20-12-14-28(54)32-24(20)16-22-18-26-36(52(3)4)40(58)34(46(50)64)44(62)48(26,66)42(60)30(22)38(32)56/h7-14,21-22,25-26,29-30,33-36,53-54,65-66H,5-6,15-18H2,1-4H3,(H2,49,63)(H2,50,64)/t21-,22-,25-,26-,29?,30?,33?,34?,35-,36-,47-,48-/m0/s1. The Bertz CT molecular complexity index is 2490. The smallest absolute Gasteiger partial charge is 0.235 e. The number of fused-ring (bicyclic) bond motifs is 6. The Labute approximate surface area is 377 Å². The van der Waals surface area contributed by atoms with E-state index >= 15 is 0 Å². The number of allylic oxidation sites excluding steroid dienone is 2. The molecule has 18 heteroatoms. The predicted molar refractivity (Wildman–Crippen MR) is 230 cm³/mol. The number of rotatable bonds is 9. The van der Waals surface area contributed by atoms with E-state index in [1.807, 2.05) is 12.2 Å². The van der Waals surface area contributed by atoms with Crippen LogP contribution in [-0.4, -0.2) is 140 Å². The summed E-state index contributed by atoms with van der Waals surface area (Å²) in [6.07, 6.45) is 8.07.